The van der Waals surface area contributed by atoms with Gasteiger partial charge in [0.1, 0.15) is 90.8 Å². The van der Waals surface area contributed by atoms with Gasteiger partial charge in [0.25, 0.3) is 10.1 Å². The van der Waals surface area contributed by atoms with Crippen LogP contribution in [-0.4, -0.2) is 132 Å². The number of methoxy groups -OCH3 is 4. The van der Waals surface area contributed by atoms with Crippen LogP contribution in [0.25, 0.3) is 43.2 Å². The maximum atomic E-state index is 14.5. The van der Waals surface area contributed by atoms with Crippen LogP contribution in [0.4, 0.5) is 4.39 Å². The average Bonchev–Trinajstić information content (AvgIpc) is 4.05. The van der Waals surface area contributed by atoms with E-state index in [2.05, 4.69) is 15.0 Å². The highest BCUT2D eigenvalue weighted by molar-refractivity contribution is 7.86. The number of aromatic nitrogens is 4. The van der Waals surface area contributed by atoms with Crippen molar-refractivity contribution >= 4 is 49.2 Å². The third kappa shape index (κ3) is 13.3. The highest BCUT2D eigenvalue weighted by atomic mass is 35.5. The van der Waals surface area contributed by atoms with E-state index in [9.17, 15) is 17.6 Å². The molecule has 0 spiro atoms. The van der Waals surface area contributed by atoms with Crippen molar-refractivity contribution < 1.29 is 73.9 Å². The van der Waals surface area contributed by atoms with Crippen LogP contribution in [0.5, 0.6) is 28.9 Å². The van der Waals surface area contributed by atoms with Crippen molar-refractivity contribution in [3.05, 3.63) is 155 Å². The van der Waals surface area contributed by atoms with Gasteiger partial charge in [0.15, 0.2) is 18.2 Å². The lowest BCUT2D eigenvalue weighted by molar-refractivity contribution is -0.305. The van der Waals surface area contributed by atoms with E-state index in [-0.39, 0.29) is 54.4 Å². The topological polar surface area (TPSA) is 214 Å². The molecule has 1 fully saturated rings. The van der Waals surface area contributed by atoms with E-state index in [4.69, 9.17) is 72.9 Å². The average molecular weight is 1210 g/mol. The fourth-order valence-corrected chi connectivity index (χ4v) is 12.2. The van der Waals surface area contributed by atoms with Crippen molar-refractivity contribution in [1.29, 1.82) is 0 Å². The van der Waals surface area contributed by atoms with Crippen LogP contribution in [0, 0.1) is 19.7 Å². The third-order valence-electron chi connectivity index (χ3n) is 14.1. The molecule has 5 aromatic carbocycles. The van der Waals surface area contributed by atoms with Gasteiger partial charge in [-0.05, 0) is 104 Å². The van der Waals surface area contributed by atoms with E-state index >= 15 is 0 Å². The van der Waals surface area contributed by atoms with Gasteiger partial charge in [0.2, 0.25) is 12.0 Å². The second kappa shape index (κ2) is 26.7. The number of rotatable bonds is 18. The Morgan fingerprint density at radius 2 is 1.60 bits per heavy atom. The number of nitrogens with zero attached hydrogens (tertiary/aromatic N) is 4. The Bertz CT molecular complexity index is 3730. The van der Waals surface area contributed by atoms with Gasteiger partial charge in [-0.1, -0.05) is 59.6 Å². The lowest BCUT2D eigenvalue weighted by Gasteiger charge is -2.44. The molecule has 0 radical (unpaired) electrons. The van der Waals surface area contributed by atoms with Gasteiger partial charge in [-0.25, -0.2) is 29.1 Å². The van der Waals surface area contributed by atoms with Crippen molar-refractivity contribution in [2.45, 2.75) is 81.6 Å². The highest BCUT2D eigenvalue weighted by Gasteiger charge is 2.47. The second-order valence-corrected chi connectivity index (χ2v) is 22.5. The van der Waals surface area contributed by atoms with Crippen LogP contribution in [0.3, 0.4) is 0 Å². The minimum atomic E-state index is -4.27. The SMILES string of the molecule is CCOC(=O)[C@H]1Cc2cc(ccc2OCc2ccnc(-c3cccc(OC[C@H]4O[C@H](OC)[C@@H](OC)[C@@H](OC)[C@@H]4OC)c3)n2)OC[C@@H](COS(=O)(=O)c2ccc(C)cc2)Oc2ccc(c(C)c2Cl)-c2c(-c3ccc(F)cc3)sc3ncnc(c23)O1. The smallest absolute Gasteiger partial charge is 0.347 e. The minimum absolute atomic E-state index is 0.0309. The highest BCUT2D eigenvalue weighted by Crippen LogP contribution is 2.50. The summed E-state index contributed by atoms with van der Waals surface area (Å²) in [7, 11) is 1.97. The summed E-state index contributed by atoms with van der Waals surface area (Å²) in [5.74, 6) is 0.674. The Morgan fingerprint density at radius 3 is 2.35 bits per heavy atom. The van der Waals surface area contributed by atoms with E-state index < -0.39 is 71.4 Å². The first-order chi connectivity index (χ1) is 40.7. The number of halogens is 2. The summed E-state index contributed by atoms with van der Waals surface area (Å²) in [5, 5.41) is 0.647. The van der Waals surface area contributed by atoms with Crippen LogP contribution in [0.2, 0.25) is 5.02 Å². The number of thiophene rings is 1. The summed E-state index contributed by atoms with van der Waals surface area (Å²) >= 11 is 8.54. The van der Waals surface area contributed by atoms with Gasteiger partial charge < -0.3 is 52.1 Å². The second-order valence-electron chi connectivity index (χ2n) is 19.5. The Balaban J connectivity index is 0.983. The number of carbonyl (C=O) groups is 1. The molecule has 3 aliphatic rings. The molecule has 3 aromatic heterocycles. The Kier molecular flexibility index (Phi) is 19.0. The first-order valence-electron chi connectivity index (χ1n) is 26.7. The molecule has 1 saturated heterocycles. The van der Waals surface area contributed by atoms with Gasteiger partial charge in [-0.2, -0.15) is 8.42 Å². The van der Waals surface area contributed by atoms with Crippen molar-refractivity contribution in [2.75, 3.05) is 54.9 Å². The molecule has 0 saturated carbocycles. The molecule has 0 aliphatic carbocycles. The van der Waals surface area contributed by atoms with Crippen LogP contribution in [0.1, 0.15) is 29.3 Å². The molecule has 23 heteroatoms. The Hall–Kier alpha value is -7.38. The number of fused-ring (bicyclic) bond motifs is 7. The summed E-state index contributed by atoms with van der Waals surface area (Å²) in [6, 6.07) is 29.8. The van der Waals surface area contributed by atoms with E-state index in [0.717, 1.165) is 5.56 Å². The predicted molar refractivity (Wildman–Crippen MR) is 309 cm³/mol. The zero-order valence-corrected chi connectivity index (χ0v) is 49.2. The summed E-state index contributed by atoms with van der Waals surface area (Å²) in [6.07, 6.45) is -2.43. The molecular formula is C61H60ClFN4O15S2. The lowest BCUT2D eigenvalue weighted by Crippen LogP contribution is -2.61. The first-order valence-corrected chi connectivity index (χ1v) is 29.3. The van der Waals surface area contributed by atoms with Gasteiger partial charge in [-0.15, -0.1) is 11.3 Å². The zero-order chi connectivity index (χ0) is 59.1. The Morgan fingerprint density at radius 1 is 0.810 bits per heavy atom. The molecule has 440 valence electrons. The maximum absolute atomic E-state index is 14.5. The summed E-state index contributed by atoms with van der Waals surface area (Å²) in [6.45, 7) is 4.69. The van der Waals surface area contributed by atoms with Crippen molar-refractivity contribution in [1.82, 2.24) is 19.9 Å². The molecule has 0 N–H and O–H groups in total. The fourth-order valence-electron chi connectivity index (χ4n) is 9.87. The molecule has 0 amide bonds. The van der Waals surface area contributed by atoms with Crippen molar-refractivity contribution in [3.63, 3.8) is 0 Å². The zero-order valence-electron chi connectivity index (χ0n) is 46.8. The number of benzene rings is 5. The predicted octanol–water partition coefficient (Wildman–Crippen LogP) is 10.4. The van der Waals surface area contributed by atoms with Crippen molar-refractivity contribution in [3.8, 4) is 61.8 Å². The van der Waals surface area contributed by atoms with Crippen LogP contribution < -0.4 is 23.7 Å². The standard InChI is InChI=1S/C61H60ClFN4O15S2/c1-8-75-60(68)48-28-38-27-42(18-22-46(38)78-29-40-24-25-64-57(67-40)37-10-9-11-41(26-37)77-32-49-53(71-4)54(72-5)55(73-6)61(74-7)82-49)76-30-43(31-79-84(69,70)44-19-12-34(2)13-20-44)80-47-23-21-45(35(3)52(47)62)50-51-58(81-48)65-33-66-59(51)83-56(50)36-14-16-39(63)17-15-36/h9-27,33,43,48-49,53-55,61H,8,28-32H2,1-7H3/t43-,48+,49+,53+,54-,55-,61-/m0/s1. The summed E-state index contributed by atoms with van der Waals surface area (Å²) in [4.78, 5) is 34.1. The molecule has 8 aromatic rings. The Labute approximate surface area is 493 Å². The largest absolute Gasteiger partial charge is 0.491 e. The number of aryl methyl sites for hydroxylation is 1. The van der Waals surface area contributed by atoms with Gasteiger partial charge in [0, 0.05) is 62.6 Å². The molecule has 84 heavy (non-hydrogen) atoms. The third-order valence-corrected chi connectivity index (χ3v) is 17.0. The molecule has 11 rings (SSSR count). The monoisotopic (exact) mass is 1210 g/mol. The number of ether oxygens (including phenoxy) is 11. The molecular weight excluding hydrogens is 1150 g/mol. The molecule has 6 heterocycles. The van der Waals surface area contributed by atoms with Crippen LogP contribution >= 0.6 is 22.9 Å². The lowest BCUT2D eigenvalue weighted by atomic mass is 9.96. The van der Waals surface area contributed by atoms with Crippen LogP contribution in [-0.2, 0) is 60.5 Å². The number of carbonyl (C=O) groups excluding carboxylic acids is 1. The van der Waals surface area contributed by atoms with Gasteiger partial charge in [-0.3, -0.25) is 4.18 Å². The molecule has 0 unspecified atom stereocenters. The quantitative estimate of drug-likeness (QED) is 0.0577. The fraction of sp³-hybridized carbons (Fsp3) is 0.328. The number of esters is 1. The number of hydrogen-bond acceptors (Lipinski definition) is 20. The van der Waals surface area contributed by atoms with Gasteiger partial charge >= 0.3 is 5.97 Å². The van der Waals surface area contributed by atoms with E-state index in [1.807, 2.05) is 31.2 Å². The van der Waals surface area contributed by atoms with Crippen LogP contribution in [0.15, 0.2) is 127 Å². The van der Waals surface area contributed by atoms with Crippen molar-refractivity contribution in [2.24, 2.45) is 0 Å². The first kappa shape index (κ1) is 59.8. The van der Waals surface area contributed by atoms with E-state index in [1.54, 1.807) is 102 Å². The molecule has 19 nitrogen and oxygen atoms in total. The van der Waals surface area contributed by atoms with E-state index in [1.165, 1.54) is 49.0 Å². The molecule has 3 aliphatic heterocycles. The van der Waals surface area contributed by atoms with E-state index in [0.29, 0.717) is 77.2 Å². The summed E-state index contributed by atoms with van der Waals surface area (Å²) in [5.41, 5.74) is 4.91. The summed E-state index contributed by atoms with van der Waals surface area (Å²) < 4.78 is 114. The number of hydrogen-bond donors (Lipinski definition) is 0. The van der Waals surface area contributed by atoms with Gasteiger partial charge in [0.05, 0.1) is 27.6 Å². The molecule has 4 bridgehead atoms. The molecule has 7 atom stereocenters. The maximum Gasteiger partial charge on any atom is 0.347 e. The minimum Gasteiger partial charge on any atom is -0.491 e. The normalized spacial score (nSPS) is 19.8.